The summed E-state index contributed by atoms with van der Waals surface area (Å²) in [6.45, 7) is 29.7. The zero-order valence-electron chi connectivity index (χ0n) is 29.7. The number of allylic oxidation sites excluding steroid dienone is 2. The maximum absolute atomic E-state index is 2.63. The molecular weight excluding hydrogens is 540 g/mol. The van der Waals surface area contributed by atoms with E-state index in [0.717, 1.165) is 0 Å². The summed E-state index contributed by atoms with van der Waals surface area (Å²) in [6.07, 6.45) is 0. The van der Waals surface area contributed by atoms with Gasteiger partial charge in [-0.05, 0) is 121 Å². The van der Waals surface area contributed by atoms with Crippen molar-refractivity contribution in [1.29, 1.82) is 0 Å². The van der Waals surface area contributed by atoms with Crippen LogP contribution < -0.4 is 0 Å². The Morgan fingerprint density at radius 1 is 0.556 bits per heavy atom. The molecule has 1 fully saturated rings. The molecule has 4 aliphatic carbocycles. The molecule has 1 spiro atoms. The summed E-state index contributed by atoms with van der Waals surface area (Å²) in [5.41, 5.74) is 18.3. The Kier molecular flexibility index (Phi) is 5.87. The topological polar surface area (TPSA) is 0 Å². The maximum atomic E-state index is 2.63. The molecule has 1 saturated carbocycles. The maximum Gasteiger partial charge on any atom is 0.0288 e. The van der Waals surface area contributed by atoms with E-state index in [-0.39, 0.29) is 16.2 Å². The average Bonchev–Trinajstić information content (AvgIpc) is 3.48. The summed E-state index contributed by atoms with van der Waals surface area (Å²) in [5, 5.41) is 2.95. The molecule has 4 aliphatic rings. The van der Waals surface area contributed by atoms with Gasteiger partial charge in [0.15, 0.2) is 0 Å². The van der Waals surface area contributed by atoms with Gasteiger partial charge in [0.25, 0.3) is 0 Å². The van der Waals surface area contributed by atoms with Gasteiger partial charge in [0.05, 0.1) is 0 Å². The van der Waals surface area contributed by atoms with Crippen LogP contribution in [0.25, 0.3) is 33.0 Å². The minimum absolute atomic E-state index is 0.0143. The molecule has 0 amide bonds. The predicted molar refractivity (Wildman–Crippen MR) is 194 cm³/mol. The number of hydrogen-bond acceptors (Lipinski definition) is 0. The second-order valence-corrected chi connectivity index (χ2v) is 17.4. The van der Waals surface area contributed by atoms with Crippen molar-refractivity contribution < 1.29 is 0 Å². The molecule has 4 aromatic carbocycles. The van der Waals surface area contributed by atoms with Crippen LogP contribution in [-0.2, 0) is 16.2 Å². The Bertz CT molecular complexity index is 1950. The lowest BCUT2D eigenvalue weighted by Crippen LogP contribution is -2.64. The molecule has 0 nitrogen and oxygen atoms in total. The van der Waals surface area contributed by atoms with Gasteiger partial charge in [0.1, 0.15) is 0 Å². The van der Waals surface area contributed by atoms with Crippen LogP contribution in [0, 0.1) is 49.4 Å². The second-order valence-electron chi connectivity index (χ2n) is 17.4. The SMILES string of the molecule is Cc1cc(C)c2ccc3c(c2c1)C1(c2ccc4c(c2-3)C(C)(C)C2=C4C(C)(C)c3ccccc32)C(C(C)C)C(C(C)C)C1C(C)C. The van der Waals surface area contributed by atoms with Gasteiger partial charge in [-0.25, -0.2) is 0 Å². The van der Waals surface area contributed by atoms with E-state index in [9.17, 15) is 0 Å². The third-order valence-electron chi connectivity index (χ3n) is 13.2. The van der Waals surface area contributed by atoms with Crippen LogP contribution in [0.3, 0.4) is 0 Å². The van der Waals surface area contributed by atoms with Crippen LogP contribution in [0.1, 0.15) is 114 Å². The van der Waals surface area contributed by atoms with E-state index in [0.29, 0.717) is 35.5 Å². The monoisotopic (exact) mass is 592 g/mol. The van der Waals surface area contributed by atoms with Gasteiger partial charge in [0, 0.05) is 16.2 Å². The fourth-order valence-corrected chi connectivity index (χ4v) is 12.1. The zero-order chi connectivity index (χ0) is 32.1. The van der Waals surface area contributed by atoms with E-state index in [4.69, 9.17) is 0 Å². The summed E-state index contributed by atoms with van der Waals surface area (Å²) in [5.74, 6) is 3.78. The molecule has 232 valence electrons. The van der Waals surface area contributed by atoms with Gasteiger partial charge in [-0.3, -0.25) is 0 Å². The van der Waals surface area contributed by atoms with Crippen molar-refractivity contribution >= 4 is 21.9 Å². The Morgan fingerprint density at radius 2 is 1.18 bits per heavy atom. The highest BCUT2D eigenvalue weighted by Crippen LogP contribution is 2.75. The number of rotatable bonds is 3. The van der Waals surface area contributed by atoms with Crippen LogP contribution in [0.5, 0.6) is 0 Å². The molecule has 0 aliphatic heterocycles. The van der Waals surface area contributed by atoms with Gasteiger partial charge in [0.2, 0.25) is 0 Å². The van der Waals surface area contributed by atoms with E-state index >= 15 is 0 Å². The quantitative estimate of drug-likeness (QED) is 0.222. The molecule has 0 aromatic heterocycles. The number of benzene rings is 4. The first-order valence-corrected chi connectivity index (χ1v) is 17.8. The lowest BCUT2D eigenvalue weighted by atomic mass is 9.37. The lowest BCUT2D eigenvalue weighted by molar-refractivity contribution is -0.105. The Hall–Kier alpha value is -3.12. The highest BCUT2D eigenvalue weighted by Gasteiger charge is 2.69. The number of fused-ring (bicyclic) bond motifs is 12. The van der Waals surface area contributed by atoms with E-state index in [1.807, 2.05) is 0 Å². The van der Waals surface area contributed by atoms with E-state index in [2.05, 4.69) is 144 Å². The molecule has 0 saturated heterocycles. The molecule has 0 heteroatoms. The molecule has 45 heavy (non-hydrogen) atoms. The van der Waals surface area contributed by atoms with Crippen molar-refractivity contribution in [2.24, 2.45) is 35.5 Å². The first-order valence-electron chi connectivity index (χ1n) is 17.8. The summed E-state index contributed by atoms with van der Waals surface area (Å²) in [4.78, 5) is 0. The molecule has 0 heterocycles. The van der Waals surface area contributed by atoms with Crippen molar-refractivity contribution in [2.75, 3.05) is 0 Å². The van der Waals surface area contributed by atoms with E-state index in [1.54, 1.807) is 33.4 Å². The minimum atomic E-state index is -0.0813. The van der Waals surface area contributed by atoms with Gasteiger partial charge >= 0.3 is 0 Å². The minimum Gasteiger partial charge on any atom is -0.0625 e. The highest BCUT2D eigenvalue weighted by molar-refractivity contribution is 6.12. The van der Waals surface area contributed by atoms with Crippen molar-refractivity contribution in [1.82, 2.24) is 0 Å². The summed E-state index contributed by atoms with van der Waals surface area (Å²) >= 11 is 0. The molecule has 2 atom stereocenters. The summed E-state index contributed by atoms with van der Waals surface area (Å²) < 4.78 is 0. The van der Waals surface area contributed by atoms with Crippen LogP contribution in [0.4, 0.5) is 0 Å². The normalized spacial score (nSPS) is 26.5. The van der Waals surface area contributed by atoms with Crippen molar-refractivity contribution in [2.45, 2.75) is 99.3 Å². The Labute approximate surface area is 272 Å². The van der Waals surface area contributed by atoms with E-state index < -0.39 is 0 Å². The molecule has 4 aromatic rings. The van der Waals surface area contributed by atoms with Crippen LogP contribution in [0.15, 0.2) is 60.7 Å². The number of hydrogen-bond donors (Lipinski definition) is 0. The fraction of sp³-hybridized carbons (Fsp3) is 0.467. The average molecular weight is 593 g/mol. The summed E-state index contributed by atoms with van der Waals surface area (Å²) in [7, 11) is 0. The Balaban J connectivity index is 1.53. The third kappa shape index (κ3) is 3.25. The lowest BCUT2D eigenvalue weighted by Gasteiger charge is -2.66. The molecule has 0 N–H and O–H groups in total. The largest absolute Gasteiger partial charge is 0.0625 e. The van der Waals surface area contributed by atoms with Gasteiger partial charge in [-0.15, -0.1) is 0 Å². The molecule has 8 rings (SSSR count). The fourth-order valence-electron chi connectivity index (χ4n) is 12.1. The smallest absolute Gasteiger partial charge is 0.0288 e. The van der Waals surface area contributed by atoms with Gasteiger partial charge < -0.3 is 0 Å². The molecular formula is C45H52. The van der Waals surface area contributed by atoms with E-state index in [1.165, 1.54) is 44.2 Å². The van der Waals surface area contributed by atoms with Crippen molar-refractivity contribution in [3.05, 3.63) is 105 Å². The van der Waals surface area contributed by atoms with Crippen LogP contribution in [0.2, 0.25) is 0 Å². The van der Waals surface area contributed by atoms with Gasteiger partial charge in [-0.1, -0.05) is 135 Å². The van der Waals surface area contributed by atoms with Gasteiger partial charge in [-0.2, -0.15) is 0 Å². The predicted octanol–water partition coefficient (Wildman–Crippen LogP) is 12.0. The Morgan fingerprint density at radius 3 is 1.82 bits per heavy atom. The van der Waals surface area contributed by atoms with Crippen LogP contribution in [-0.4, -0.2) is 0 Å². The van der Waals surface area contributed by atoms with Crippen molar-refractivity contribution in [3.63, 3.8) is 0 Å². The first-order chi connectivity index (χ1) is 21.2. The van der Waals surface area contributed by atoms with Crippen LogP contribution >= 0.6 is 0 Å². The zero-order valence-corrected chi connectivity index (χ0v) is 29.7. The highest BCUT2D eigenvalue weighted by atomic mass is 14.7. The second kappa shape index (κ2) is 9.02. The molecule has 2 unspecified atom stereocenters. The summed E-state index contributed by atoms with van der Waals surface area (Å²) in [6, 6.07) is 24.4. The first kappa shape index (κ1) is 29.3. The third-order valence-corrected chi connectivity index (χ3v) is 13.2. The molecule has 0 bridgehead atoms. The molecule has 0 radical (unpaired) electrons. The van der Waals surface area contributed by atoms with Crippen molar-refractivity contribution in [3.8, 4) is 11.1 Å². The standard InChI is InChI=1S/C45H52/c1-23(2)35-37(24(3)4)45(38(35)25(5)6)34-20-19-31-40(36(34)30-18-17-28-27(8)21-26(7)22-32(28)39(30)45)44(11,12)41-29-15-13-14-16-33(29)43(9,10)42(31)41/h13-25,35,37-38H,1-12H3. The number of aryl methyl sites for hydroxylation is 2.